The van der Waals surface area contributed by atoms with Crippen LogP contribution in [0.5, 0.6) is 0 Å². The van der Waals surface area contributed by atoms with Crippen molar-refractivity contribution < 1.29 is 34.7 Å². The summed E-state index contributed by atoms with van der Waals surface area (Å²) < 4.78 is 13.0. The van der Waals surface area contributed by atoms with Gasteiger partial charge in [-0.15, -0.1) is 12.4 Å². The molecule has 0 fully saturated rings. The normalized spacial score (nSPS) is 20.7. The predicted molar refractivity (Wildman–Crippen MR) is 48.0 cm³/mol. The Morgan fingerprint density at radius 3 is 2.13 bits per heavy atom. The number of carboxylic acid groups (broad SMARTS) is 1. The van der Waals surface area contributed by atoms with Crippen LogP contribution in [0.4, 0.5) is 4.39 Å². The van der Waals surface area contributed by atoms with Crippen molar-refractivity contribution in [3.05, 3.63) is 0 Å². The van der Waals surface area contributed by atoms with Crippen molar-refractivity contribution in [2.75, 3.05) is 6.61 Å². The molecular formula is C6H13ClFNO6. The summed E-state index contributed by atoms with van der Waals surface area (Å²) in [6, 6.07) is -2.11. The minimum absolute atomic E-state index is 0. The number of halogens is 2. The molecule has 0 amide bonds. The summed E-state index contributed by atoms with van der Waals surface area (Å²) in [5.41, 5.74) is 4.80. The van der Waals surface area contributed by atoms with E-state index in [-0.39, 0.29) is 12.4 Å². The van der Waals surface area contributed by atoms with E-state index >= 15 is 0 Å². The number of alkyl halides is 1. The number of carbonyl (C=O) groups is 1. The van der Waals surface area contributed by atoms with Crippen LogP contribution in [0.3, 0.4) is 0 Å². The van der Waals surface area contributed by atoms with Crippen molar-refractivity contribution in [1.29, 1.82) is 0 Å². The van der Waals surface area contributed by atoms with Crippen LogP contribution in [-0.4, -0.2) is 62.2 Å². The van der Waals surface area contributed by atoms with Crippen LogP contribution in [0.25, 0.3) is 0 Å². The highest BCUT2D eigenvalue weighted by Gasteiger charge is 2.47. The van der Waals surface area contributed by atoms with E-state index in [4.69, 9.17) is 31.3 Å². The fourth-order valence-corrected chi connectivity index (χ4v) is 0.712. The molecule has 0 spiro atoms. The quantitative estimate of drug-likeness (QED) is 0.309. The van der Waals surface area contributed by atoms with Crippen molar-refractivity contribution in [2.24, 2.45) is 5.73 Å². The van der Waals surface area contributed by atoms with Gasteiger partial charge in [0.25, 0.3) is 5.85 Å². The van der Waals surface area contributed by atoms with Gasteiger partial charge in [-0.1, -0.05) is 0 Å². The lowest BCUT2D eigenvalue weighted by Crippen LogP contribution is -2.59. The molecule has 0 aromatic heterocycles. The van der Waals surface area contributed by atoms with Crippen LogP contribution >= 0.6 is 12.4 Å². The highest BCUT2D eigenvalue weighted by Crippen LogP contribution is 2.19. The molecule has 0 aromatic carbocycles. The predicted octanol–water partition coefficient (Wildman–Crippen LogP) is -2.81. The second-order valence-corrected chi connectivity index (χ2v) is 2.73. The Hall–Kier alpha value is -0.510. The molecule has 0 radical (unpaired) electrons. The lowest BCUT2D eigenvalue weighted by atomic mass is 9.99. The first-order chi connectivity index (χ1) is 6.25. The molecule has 1 unspecified atom stereocenters. The molecule has 0 bridgehead atoms. The Kier molecular flexibility index (Phi) is 6.94. The van der Waals surface area contributed by atoms with Gasteiger partial charge in [-0.3, -0.25) is 4.79 Å². The average Bonchev–Trinajstić information content (AvgIpc) is 2.13. The first-order valence-electron chi connectivity index (χ1n) is 3.61. The molecule has 7 N–H and O–H groups in total. The molecule has 0 aromatic rings. The molecule has 15 heavy (non-hydrogen) atoms. The third kappa shape index (κ3) is 3.86. The van der Waals surface area contributed by atoms with E-state index in [1.165, 1.54) is 0 Å². The zero-order valence-electron chi connectivity index (χ0n) is 7.45. The minimum Gasteiger partial charge on any atom is -0.480 e. The first kappa shape index (κ1) is 16.9. The van der Waals surface area contributed by atoms with Crippen molar-refractivity contribution in [3.8, 4) is 0 Å². The second-order valence-electron chi connectivity index (χ2n) is 2.73. The molecule has 0 aliphatic carbocycles. The summed E-state index contributed by atoms with van der Waals surface area (Å²) in [4.78, 5) is 10.2. The van der Waals surface area contributed by atoms with Gasteiger partial charge in [0.2, 0.25) is 0 Å². The van der Waals surface area contributed by atoms with E-state index < -0.39 is 36.7 Å². The zero-order chi connectivity index (χ0) is 11.5. The van der Waals surface area contributed by atoms with Gasteiger partial charge in [-0.25, -0.2) is 4.39 Å². The molecule has 0 saturated heterocycles. The molecule has 0 aliphatic heterocycles. The molecule has 7 nitrogen and oxygen atoms in total. The number of nitrogens with two attached hydrogens (primary N) is 1. The van der Waals surface area contributed by atoms with Gasteiger partial charge >= 0.3 is 5.97 Å². The number of rotatable bonds is 5. The van der Waals surface area contributed by atoms with E-state index in [9.17, 15) is 9.18 Å². The van der Waals surface area contributed by atoms with Gasteiger partial charge in [0.05, 0.1) is 6.61 Å². The van der Waals surface area contributed by atoms with Gasteiger partial charge in [0.1, 0.15) is 18.2 Å². The Balaban J connectivity index is 0. The maximum Gasteiger partial charge on any atom is 0.323 e. The smallest absolute Gasteiger partial charge is 0.323 e. The third-order valence-electron chi connectivity index (χ3n) is 1.68. The minimum atomic E-state index is -3.67. The van der Waals surface area contributed by atoms with E-state index in [0.29, 0.717) is 0 Å². The van der Waals surface area contributed by atoms with Crippen molar-refractivity contribution in [1.82, 2.24) is 0 Å². The van der Waals surface area contributed by atoms with Gasteiger partial charge in [-0.2, -0.15) is 0 Å². The fraction of sp³-hybridized carbons (Fsp3) is 0.833. The Labute approximate surface area is 90.4 Å². The van der Waals surface area contributed by atoms with Crippen LogP contribution in [-0.2, 0) is 4.79 Å². The summed E-state index contributed by atoms with van der Waals surface area (Å²) in [6.45, 7) is -1.18. The maximum atomic E-state index is 13.0. The van der Waals surface area contributed by atoms with Gasteiger partial charge in [0.15, 0.2) is 0 Å². The van der Waals surface area contributed by atoms with E-state index in [1.807, 2.05) is 0 Å². The summed E-state index contributed by atoms with van der Waals surface area (Å²) in [5.74, 6) is -5.43. The molecule has 92 valence electrons. The lowest BCUT2D eigenvalue weighted by Gasteiger charge is -2.30. The van der Waals surface area contributed by atoms with Crippen molar-refractivity contribution in [3.63, 3.8) is 0 Å². The van der Waals surface area contributed by atoms with Gasteiger partial charge in [-0.05, 0) is 0 Å². The molecular weight excluding hydrogens is 237 g/mol. The molecule has 0 rings (SSSR count). The van der Waals surface area contributed by atoms with Crippen LogP contribution in [0.15, 0.2) is 0 Å². The maximum absolute atomic E-state index is 13.0. The number of aliphatic hydroxyl groups is 4. The van der Waals surface area contributed by atoms with E-state index in [0.717, 1.165) is 0 Å². The number of carboxylic acids is 1. The van der Waals surface area contributed by atoms with E-state index in [1.54, 1.807) is 0 Å². The molecule has 4 atom stereocenters. The Morgan fingerprint density at radius 1 is 1.47 bits per heavy atom. The average molecular weight is 250 g/mol. The monoisotopic (exact) mass is 249 g/mol. The SMILES string of the molecule is Cl.N[C@@H](C(=O)O)[C@@H](O)[C@@](O)(F)C(O)CO. The van der Waals surface area contributed by atoms with Crippen LogP contribution < -0.4 is 5.73 Å². The van der Waals surface area contributed by atoms with E-state index in [2.05, 4.69) is 0 Å². The van der Waals surface area contributed by atoms with Crippen LogP contribution in [0.1, 0.15) is 0 Å². The van der Waals surface area contributed by atoms with Gasteiger partial charge < -0.3 is 31.3 Å². The molecule has 9 heteroatoms. The summed E-state index contributed by atoms with van der Waals surface area (Å²) in [7, 11) is 0. The van der Waals surface area contributed by atoms with Crippen molar-refractivity contribution >= 4 is 18.4 Å². The topological polar surface area (TPSA) is 144 Å². The third-order valence-corrected chi connectivity index (χ3v) is 1.68. The zero-order valence-corrected chi connectivity index (χ0v) is 8.26. The van der Waals surface area contributed by atoms with Gasteiger partial charge in [0, 0.05) is 0 Å². The van der Waals surface area contributed by atoms with Crippen molar-refractivity contribution in [2.45, 2.75) is 24.1 Å². The number of hydrogen-bond donors (Lipinski definition) is 6. The Bertz CT molecular complexity index is 216. The summed E-state index contributed by atoms with van der Waals surface area (Å²) >= 11 is 0. The first-order valence-corrected chi connectivity index (χ1v) is 3.61. The molecule has 0 aliphatic rings. The Morgan fingerprint density at radius 2 is 1.87 bits per heavy atom. The lowest BCUT2D eigenvalue weighted by molar-refractivity contribution is -0.239. The fourth-order valence-electron chi connectivity index (χ4n) is 0.712. The largest absolute Gasteiger partial charge is 0.480 e. The molecule has 0 heterocycles. The van der Waals surface area contributed by atoms with Crippen LogP contribution in [0, 0.1) is 0 Å². The standard InChI is InChI=1S/C6H12FNO6.ClH/c7-6(14,2(10)1-9)4(11)3(8)5(12)13;/h2-4,9-11,14H,1,8H2,(H,12,13);1H/t2?,3-,4-,6-;/m1./s1. The summed E-state index contributed by atoms with van der Waals surface area (Å²) in [5, 5.41) is 43.0. The number of hydrogen-bond acceptors (Lipinski definition) is 6. The highest BCUT2D eigenvalue weighted by molar-refractivity contribution is 5.85. The van der Waals surface area contributed by atoms with Crippen LogP contribution in [0.2, 0.25) is 0 Å². The molecule has 0 saturated carbocycles. The highest BCUT2D eigenvalue weighted by atomic mass is 35.5. The second kappa shape index (κ2) is 6.16. The number of aliphatic hydroxyl groups excluding tert-OH is 3. The summed E-state index contributed by atoms with van der Waals surface area (Å²) in [6.07, 6.45) is -4.87. The number of aliphatic carboxylic acids is 1.